The van der Waals surface area contributed by atoms with Crippen LogP contribution in [0.4, 0.5) is 29.3 Å². The van der Waals surface area contributed by atoms with Crippen molar-refractivity contribution in [2.45, 2.75) is 45.0 Å². The summed E-state index contributed by atoms with van der Waals surface area (Å²) in [5, 5.41) is 13.4. The molecule has 1 atom stereocenters. The molecule has 1 aromatic carbocycles. The van der Waals surface area contributed by atoms with Crippen LogP contribution in [0, 0.1) is 10.1 Å². The maximum Gasteiger partial charge on any atom is 0.418 e. The molecular formula is C16H20F3N3O4. The van der Waals surface area contributed by atoms with E-state index in [9.17, 15) is 28.1 Å². The van der Waals surface area contributed by atoms with E-state index in [1.165, 1.54) is 4.90 Å². The molecule has 2 rings (SSSR count). The van der Waals surface area contributed by atoms with Gasteiger partial charge in [0.05, 0.1) is 16.5 Å². The van der Waals surface area contributed by atoms with Crippen LogP contribution in [0.15, 0.2) is 18.2 Å². The number of halogens is 3. The molecule has 10 heteroatoms. The topological polar surface area (TPSA) is 84.7 Å². The normalized spacial score (nSPS) is 17.9. The zero-order valence-corrected chi connectivity index (χ0v) is 14.6. The third-order valence-corrected chi connectivity index (χ3v) is 3.75. The number of nitro benzene ring substituents is 1. The fourth-order valence-corrected chi connectivity index (χ4v) is 2.71. The average molecular weight is 375 g/mol. The van der Waals surface area contributed by atoms with E-state index in [4.69, 9.17) is 4.74 Å². The zero-order valence-electron chi connectivity index (χ0n) is 14.6. The highest BCUT2D eigenvalue weighted by Gasteiger charge is 2.38. The van der Waals surface area contributed by atoms with Crippen LogP contribution in [0.5, 0.6) is 0 Å². The van der Waals surface area contributed by atoms with Gasteiger partial charge in [-0.15, -0.1) is 0 Å². The number of nitrogens with one attached hydrogen (secondary N) is 1. The molecule has 1 aromatic rings. The number of alkyl carbamates (subject to hydrolysis) is 1. The van der Waals surface area contributed by atoms with Crippen molar-refractivity contribution in [3.8, 4) is 0 Å². The molecule has 0 saturated carbocycles. The highest BCUT2D eigenvalue weighted by atomic mass is 19.4. The van der Waals surface area contributed by atoms with Crippen LogP contribution in [0.1, 0.15) is 32.8 Å². The Balaban J connectivity index is 2.15. The second-order valence-electron chi connectivity index (χ2n) is 7.03. The lowest BCUT2D eigenvalue weighted by molar-refractivity contribution is -0.385. The lowest BCUT2D eigenvalue weighted by Crippen LogP contribution is -2.40. The van der Waals surface area contributed by atoms with Crippen molar-refractivity contribution in [2.75, 3.05) is 18.0 Å². The second-order valence-corrected chi connectivity index (χ2v) is 7.03. The Morgan fingerprint density at radius 2 is 2.00 bits per heavy atom. The predicted molar refractivity (Wildman–Crippen MR) is 88.1 cm³/mol. The van der Waals surface area contributed by atoms with E-state index in [-0.39, 0.29) is 24.8 Å². The lowest BCUT2D eigenvalue weighted by atomic mass is 10.1. The Bertz CT molecular complexity index is 701. The highest BCUT2D eigenvalue weighted by molar-refractivity contribution is 5.68. The molecular weight excluding hydrogens is 355 g/mol. The summed E-state index contributed by atoms with van der Waals surface area (Å²) in [7, 11) is 0. The number of benzene rings is 1. The maximum absolute atomic E-state index is 13.3. The van der Waals surface area contributed by atoms with Crippen molar-refractivity contribution in [1.82, 2.24) is 5.32 Å². The molecule has 144 valence electrons. The SMILES string of the molecule is CC(C)(C)OC(=O)N[C@@H]1CCN(c2ccc([N+](=O)[O-])cc2C(F)(F)F)C1. The highest BCUT2D eigenvalue weighted by Crippen LogP contribution is 2.39. The van der Waals surface area contributed by atoms with E-state index in [0.29, 0.717) is 12.5 Å². The minimum absolute atomic E-state index is 0.142. The standard InChI is InChI=1S/C16H20F3N3O4/c1-15(2,3)26-14(23)20-10-6-7-21(9-10)13-5-4-11(22(24)25)8-12(13)16(17,18)19/h4-5,8,10H,6-7,9H2,1-3H3,(H,20,23)/t10-/m1/s1. The molecule has 0 bridgehead atoms. The molecule has 1 aliphatic heterocycles. The van der Waals surface area contributed by atoms with Crippen molar-refractivity contribution in [1.29, 1.82) is 0 Å². The molecule has 1 fully saturated rings. The molecule has 0 spiro atoms. The fourth-order valence-electron chi connectivity index (χ4n) is 2.71. The zero-order chi connectivity index (χ0) is 19.7. The van der Waals surface area contributed by atoms with Crippen molar-refractivity contribution in [3.63, 3.8) is 0 Å². The number of alkyl halides is 3. The molecule has 0 aliphatic carbocycles. The van der Waals surface area contributed by atoms with Gasteiger partial charge in [-0.2, -0.15) is 13.2 Å². The third kappa shape index (κ3) is 4.99. The number of nitrogens with zero attached hydrogens (tertiary/aromatic N) is 2. The first-order chi connectivity index (χ1) is 11.9. The molecule has 1 saturated heterocycles. The van der Waals surface area contributed by atoms with Gasteiger partial charge in [0.25, 0.3) is 5.69 Å². The summed E-state index contributed by atoms with van der Waals surface area (Å²) in [6.07, 6.45) is -4.92. The summed E-state index contributed by atoms with van der Waals surface area (Å²) >= 11 is 0. The number of anilines is 1. The van der Waals surface area contributed by atoms with Crippen LogP contribution in [-0.4, -0.2) is 35.7 Å². The number of nitro groups is 1. The van der Waals surface area contributed by atoms with Gasteiger partial charge < -0.3 is 15.0 Å². The van der Waals surface area contributed by atoms with E-state index in [1.54, 1.807) is 20.8 Å². The summed E-state index contributed by atoms with van der Waals surface area (Å²) in [5.41, 5.74) is -2.51. The van der Waals surface area contributed by atoms with Crippen LogP contribution in [0.25, 0.3) is 0 Å². The van der Waals surface area contributed by atoms with Crippen LogP contribution in [0.3, 0.4) is 0 Å². The van der Waals surface area contributed by atoms with Crippen molar-refractivity contribution in [2.24, 2.45) is 0 Å². The summed E-state index contributed by atoms with van der Waals surface area (Å²) in [6.45, 7) is 5.56. The van der Waals surface area contributed by atoms with E-state index in [0.717, 1.165) is 12.1 Å². The van der Waals surface area contributed by atoms with Gasteiger partial charge in [0.15, 0.2) is 0 Å². The van der Waals surface area contributed by atoms with Gasteiger partial charge >= 0.3 is 12.3 Å². The van der Waals surface area contributed by atoms with Gasteiger partial charge in [-0.25, -0.2) is 4.79 Å². The Hall–Kier alpha value is -2.52. The van der Waals surface area contributed by atoms with Crippen LogP contribution in [-0.2, 0) is 10.9 Å². The first-order valence-corrected chi connectivity index (χ1v) is 7.97. The molecule has 26 heavy (non-hydrogen) atoms. The summed E-state index contributed by atoms with van der Waals surface area (Å²) < 4.78 is 45.0. The minimum atomic E-state index is -4.72. The van der Waals surface area contributed by atoms with Gasteiger partial charge in [-0.05, 0) is 33.3 Å². The largest absolute Gasteiger partial charge is 0.444 e. The van der Waals surface area contributed by atoms with Crippen LogP contribution >= 0.6 is 0 Å². The summed E-state index contributed by atoms with van der Waals surface area (Å²) in [5.74, 6) is 0. The molecule has 1 N–H and O–H groups in total. The Kier molecular flexibility index (Phi) is 5.33. The Labute approximate surface area is 148 Å². The number of non-ortho nitro benzene ring substituents is 1. The molecule has 1 heterocycles. The van der Waals surface area contributed by atoms with E-state index >= 15 is 0 Å². The Morgan fingerprint density at radius 3 is 2.54 bits per heavy atom. The van der Waals surface area contributed by atoms with E-state index in [2.05, 4.69) is 5.32 Å². The molecule has 0 unspecified atom stereocenters. The lowest BCUT2D eigenvalue weighted by Gasteiger charge is -2.24. The third-order valence-electron chi connectivity index (χ3n) is 3.75. The quantitative estimate of drug-likeness (QED) is 0.643. The first-order valence-electron chi connectivity index (χ1n) is 7.97. The molecule has 7 nitrogen and oxygen atoms in total. The minimum Gasteiger partial charge on any atom is -0.444 e. The smallest absolute Gasteiger partial charge is 0.418 e. The van der Waals surface area contributed by atoms with Gasteiger partial charge in [0.2, 0.25) is 0 Å². The number of ether oxygens (including phenoxy) is 1. The molecule has 0 radical (unpaired) electrons. The average Bonchev–Trinajstić information content (AvgIpc) is 2.91. The van der Waals surface area contributed by atoms with Crippen molar-refractivity contribution < 1.29 is 27.6 Å². The number of carbonyl (C=O) groups excluding carboxylic acids is 1. The molecule has 0 aromatic heterocycles. The van der Waals surface area contributed by atoms with E-state index in [1.807, 2.05) is 0 Å². The fraction of sp³-hybridized carbons (Fsp3) is 0.562. The number of hydrogen-bond acceptors (Lipinski definition) is 5. The maximum atomic E-state index is 13.3. The molecule has 1 amide bonds. The number of hydrogen-bond donors (Lipinski definition) is 1. The number of rotatable bonds is 3. The van der Waals surface area contributed by atoms with Gasteiger partial charge in [0.1, 0.15) is 5.60 Å². The predicted octanol–water partition coefficient (Wildman–Crippen LogP) is 3.72. The first kappa shape index (κ1) is 19.8. The van der Waals surface area contributed by atoms with Crippen molar-refractivity contribution in [3.05, 3.63) is 33.9 Å². The van der Waals surface area contributed by atoms with Gasteiger partial charge in [-0.3, -0.25) is 10.1 Å². The van der Waals surface area contributed by atoms with Crippen molar-refractivity contribution >= 4 is 17.5 Å². The molecule has 1 aliphatic rings. The van der Waals surface area contributed by atoms with Gasteiger partial charge in [-0.1, -0.05) is 0 Å². The van der Waals surface area contributed by atoms with E-state index < -0.39 is 34.0 Å². The number of amides is 1. The second kappa shape index (κ2) is 7.00. The van der Waals surface area contributed by atoms with Crippen LogP contribution in [0.2, 0.25) is 0 Å². The number of carbonyl (C=O) groups is 1. The monoisotopic (exact) mass is 375 g/mol. The Morgan fingerprint density at radius 1 is 1.35 bits per heavy atom. The summed E-state index contributed by atoms with van der Waals surface area (Å²) in [4.78, 5) is 23.1. The van der Waals surface area contributed by atoms with Crippen LogP contribution < -0.4 is 10.2 Å². The summed E-state index contributed by atoms with van der Waals surface area (Å²) in [6, 6.07) is 2.29. The van der Waals surface area contributed by atoms with Gasteiger partial charge in [0, 0.05) is 30.9 Å².